The standard InChI is InChI=1S/C8H12N2/c1-7-3-2-4-10-6-9-5-8(7)10/h2-4,8-9H,5-6H2,1H3. The summed E-state index contributed by atoms with van der Waals surface area (Å²) in [6, 6.07) is 0.630. The fraction of sp³-hybridized carbons (Fsp3) is 0.500. The summed E-state index contributed by atoms with van der Waals surface area (Å²) >= 11 is 0. The number of allylic oxidation sites excluding steroid dienone is 2. The Bertz CT molecular complexity index is 193. The number of hydrogen-bond acceptors (Lipinski definition) is 2. The third kappa shape index (κ3) is 0.762. The van der Waals surface area contributed by atoms with E-state index in [1.54, 1.807) is 0 Å². The van der Waals surface area contributed by atoms with Crippen LogP contribution in [0.5, 0.6) is 0 Å². The van der Waals surface area contributed by atoms with Gasteiger partial charge in [0.25, 0.3) is 0 Å². The average molecular weight is 136 g/mol. The number of hydrogen-bond donors (Lipinski definition) is 1. The van der Waals surface area contributed by atoms with Gasteiger partial charge in [0, 0.05) is 12.7 Å². The summed E-state index contributed by atoms with van der Waals surface area (Å²) in [4.78, 5) is 2.33. The van der Waals surface area contributed by atoms with Crippen LogP contribution in [-0.2, 0) is 0 Å². The first-order valence-corrected chi connectivity index (χ1v) is 3.69. The minimum Gasteiger partial charge on any atom is -0.357 e. The van der Waals surface area contributed by atoms with Crippen molar-refractivity contribution in [2.24, 2.45) is 0 Å². The van der Waals surface area contributed by atoms with Crippen LogP contribution < -0.4 is 5.32 Å². The first-order chi connectivity index (χ1) is 4.88. The van der Waals surface area contributed by atoms with Gasteiger partial charge in [-0.3, -0.25) is 5.32 Å². The van der Waals surface area contributed by atoms with Gasteiger partial charge in [-0.2, -0.15) is 0 Å². The zero-order valence-electron chi connectivity index (χ0n) is 6.17. The van der Waals surface area contributed by atoms with Crippen molar-refractivity contribution in [1.82, 2.24) is 10.2 Å². The van der Waals surface area contributed by atoms with Crippen LogP contribution in [0.15, 0.2) is 23.9 Å². The fourth-order valence-corrected chi connectivity index (χ4v) is 1.55. The molecule has 2 aliphatic rings. The number of nitrogens with zero attached hydrogens (tertiary/aromatic N) is 1. The highest BCUT2D eigenvalue weighted by molar-refractivity contribution is 5.23. The number of nitrogens with one attached hydrogen (secondary N) is 1. The Morgan fingerprint density at radius 1 is 1.70 bits per heavy atom. The summed E-state index contributed by atoms with van der Waals surface area (Å²) in [7, 11) is 0. The summed E-state index contributed by atoms with van der Waals surface area (Å²) in [5.74, 6) is 0. The number of rotatable bonds is 0. The van der Waals surface area contributed by atoms with Gasteiger partial charge < -0.3 is 4.90 Å². The minimum absolute atomic E-state index is 0.630. The van der Waals surface area contributed by atoms with Gasteiger partial charge in [-0.1, -0.05) is 6.08 Å². The molecular formula is C8H12N2. The smallest absolute Gasteiger partial charge is 0.0684 e. The molecule has 0 spiro atoms. The molecule has 1 fully saturated rings. The topological polar surface area (TPSA) is 15.3 Å². The summed E-state index contributed by atoms with van der Waals surface area (Å²) in [5.41, 5.74) is 1.47. The first kappa shape index (κ1) is 5.98. The van der Waals surface area contributed by atoms with E-state index < -0.39 is 0 Å². The fourth-order valence-electron chi connectivity index (χ4n) is 1.55. The van der Waals surface area contributed by atoms with Crippen LogP contribution in [0.25, 0.3) is 0 Å². The van der Waals surface area contributed by atoms with E-state index in [4.69, 9.17) is 0 Å². The quantitative estimate of drug-likeness (QED) is 0.527. The molecule has 54 valence electrons. The molecule has 2 nitrogen and oxygen atoms in total. The van der Waals surface area contributed by atoms with Crippen LogP contribution in [-0.4, -0.2) is 24.2 Å². The van der Waals surface area contributed by atoms with Crippen LogP contribution in [0.3, 0.4) is 0 Å². The highest BCUT2D eigenvalue weighted by Crippen LogP contribution is 2.17. The lowest BCUT2D eigenvalue weighted by Gasteiger charge is -2.24. The second-order valence-electron chi connectivity index (χ2n) is 2.89. The summed E-state index contributed by atoms with van der Waals surface area (Å²) in [6.45, 7) is 4.30. The van der Waals surface area contributed by atoms with Gasteiger partial charge in [0.1, 0.15) is 0 Å². The minimum atomic E-state index is 0.630. The Kier molecular flexibility index (Phi) is 1.27. The van der Waals surface area contributed by atoms with Crippen molar-refractivity contribution in [1.29, 1.82) is 0 Å². The van der Waals surface area contributed by atoms with E-state index in [1.165, 1.54) is 5.57 Å². The van der Waals surface area contributed by atoms with E-state index in [0.717, 1.165) is 13.2 Å². The third-order valence-electron chi connectivity index (χ3n) is 2.19. The maximum absolute atomic E-state index is 3.33. The van der Waals surface area contributed by atoms with Gasteiger partial charge >= 0.3 is 0 Å². The lowest BCUT2D eigenvalue weighted by molar-refractivity contribution is 0.386. The van der Waals surface area contributed by atoms with Crippen LogP contribution >= 0.6 is 0 Å². The normalized spacial score (nSPS) is 30.3. The van der Waals surface area contributed by atoms with Crippen LogP contribution in [0.2, 0.25) is 0 Å². The molecule has 0 aromatic heterocycles. The van der Waals surface area contributed by atoms with Gasteiger partial charge in [0.2, 0.25) is 0 Å². The molecule has 10 heavy (non-hydrogen) atoms. The Labute approximate surface area is 61.2 Å². The van der Waals surface area contributed by atoms with E-state index in [2.05, 4.69) is 35.5 Å². The van der Waals surface area contributed by atoms with Gasteiger partial charge in [0.05, 0.1) is 12.7 Å². The molecule has 1 unspecified atom stereocenters. The van der Waals surface area contributed by atoms with E-state index in [0.29, 0.717) is 6.04 Å². The maximum Gasteiger partial charge on any atom is 0.0684 e. The Balaban J connectivity index is 2.24. The summed E-state index contributed by atoms with van der Waals surface area (Å²) in [5, 5.41) is 3.33. The zero-order valence-corrected chi connectivity index (χ0v) is 6.17. The highest BCUT2D eigenvalue weighted by Gasteiger charge is 2.23. The summed E-state index contributed by atoms with van der Waals surface area (Å²) < 4.78 is 0. The first-order valence-electron chi connectivity index (χ1n) is 3.69. The molecule has 2 rings (SSSR count). The molecule has 2 heterocycles. The average Bonchev–Trinajstić information content (AvgIpc) is 2.36. The van der Waals surface area contributed by atoms with Gasteiger partial charge in [0.15, 0.2) is 0 Å². The van der Waals surface area contributed by atoms with E-state index >= 15 is 0 Å². The van der Waals surface area contributed by atoms with Gasteiger partial charge in [-0.15, -0.1) is 0 Å². The Morgan fingerprint density at radius 3 is 3.40 bits per heavy atom. The van der Waals surface area contributed by atoms with Crippen molar-refractivity contribution in [2.75, 3.05) is 13.2 Å². The van der Waals surface area contributed by atoms with Gasteiger partial charge in [-0.25, -0.2) is 0 Å². The highest BCUT2D eigenvalue weighted by atomic mass is 15.3. The van der Waals surface area contributed by atoms with Crippen LogP contribution in [0, 0.1) is 0 Å². The molecule has 0 amide bonds. The molecule has 0 aliphatic carbocycles. The molecule has 1 atom stereocenters. The molecule has 0 bridgehead atoms. The second-order valence-corrected chi connectivity index (χ2v) is 2.89. The van der Waals surface area contributed by atoms with Gasteiger partial charge in [-0.05, 0) is 18.6 Å². The Hall–Kier alpha value is -0.760. The van der Waals surface area contributed by atoms with Crippen LogP contribution in [0.1, 0.15) is 6.92 Å². The SMILES string of the molecule is CC1=CC=CN2CNCC12. The molecule has 0 aromatic carbocycles. The second kappa shape index (κ2) is 2.13. The lowest BCUT2D eigenvalue weighted by Crippen LogP contribution is -2.28. The molecular weight excluding hydrogens is 124 g/mol. The maximum atomic E-state index is 3.33. The predicted octanol–water partition coefficient (Wildman–Crippen LogP) is 0.691. The molecule has 0 radical (unpaired) electrons. The van der Waals surface area contributed by atoms with Crippen molar-refractivity contribution in [2.45, 2.75) is 13.0 Å². The monoisotopic (exact) mass is 136 g/mol. The van der Waals surface area contributed by atoms with Crippen molar-refractivity contribution in [3.8, 4) is 0 Å². The summed E-state index contributed by atoms with van der Waals surface area (Å²) in [6.07, 6.45) is 6.45. The Morgan fingerprint density at radius 2 is 2.60 bits per heavy atom. The van der Waals surface area contributed by atoms with E-state index in [-0.39, 0.29) is 0 Å². The van der Waals surface area contributed by atoms with Crippen molar-refractivity contribution in [3.63, 3.8) is 0 Å². The largest absolute Gasteiger partial charge is 0.357 e. The third-order valence-corrected chi connectivity index (χ3v) is 2.19. The molecule has 1 saturated heterocycles. The molecule has 2 aliphatic heterocycles. The van der Waals surface area contributed by atoms with Crippen LogP contribution in [0.4, 0.5) is 0 Å². The predicted molar refractivity (Wildman–Crippen MR) is 41.4 cm³/mol. The zero-order chi connectivity index (χ0) is 6.97. The number of fused-ring (bicyclic) bond motifs is 1. The van der Waals surface area contributed by atoms with Crippen molar-refractivity contribution < 1.29 is 0 Å². The van der Waals surface area contributed by atoms with Crippen molar-refractivity contribution in [3.05, 3.63) is 23.9 Å². The molecule has 1 N–H and O–H groups in total. The van der Waals surface area contributed by atoms with E-state index in [1.807, 2.05) is 0 Å². The lowest BCUT2D eigenvalue weighted by atomic mass is 10.1. The molecule has 2 heteroatoms. The molecule has 0 saturated carbocycles. The van der Waals surface area contributed by atoms with Crippen molar-refractivity contribution >= 4 is 0 Å². The van der Waals surface area contributed by atoms with E-state index in [9.17, 15) is 0 Å². The molecule has 0 aromatic rings.